The average Bonchev–Trinajstić information content (AvgIpc) is 3.06. The van der Waals surface area contributed by atoms with Crippen molar-refractivity contribution in [2.24, 2.45) is 7.05 Å². The van der Waals surface area contributed by atoms with Gasteiger partial charge in [0.05, 0.1) is 12.3 Å². The largest absolute Gasteiger partial charge is 0.461 e. The van der Waals surface area contributed by atoms with Crippen molar-refractivity contribution < 1.29 is 9.53 Å². The first-order valence-corrected chi connectivity index (χ1v) is 6.64. The summed E-state index contributed by atoms with van der Waals surface area (Å²) in [4.78, 5) is 11.9. The van der Waals surface area contributed by atoms with Crippen molar-refractivity contribution in [3.05, 3.63) is 23.5 Å². The fourth-order valence-electron chi connectivity index (χ4n) is 2.13. The molecule has 0 saturated heterocycles. The van der Waals surface area contributed by atoms with Crippen molar-refractivity contribution >= 4 is 5.97 Å². The van der Waals surface area contributed by atoms with E-state index in [1.807, 2.05) is 11.6 Å². The number of hydrogen-bond acceptors (Lipinski definition) is 6. The summed E-state index contributed by atoms with van der Waals surface area (Å²) >= 11 is 0. The number of carbonyl (C=O) groups is 1. The van der Waals surface area contributed by atoms with Crippen LogP contribution < -0.4 is 0 Å². The molecule has 8 nitrogen and oxygen atoms in total. The molecule has 20 heavy (non-hydrogen) atoms. The van der Waals surface area contributed by atoms with E-state index in [0.29, 0.717) is 24.8 Å². The van der Waals surface area contributed by atoms with Crippen LogP contribution in [0.2, 0.25) is 0 Å². The summed E-state index contributed by atoms with van der Waals surface area (Å²) in [7, 11) is 1.87. The SMILES string of the molecule is CCOC(=O)c1nnn(Cc2nncn2C)c1C1CC1. The Morgan fingerprint density at radius 3 is 2.85 bits per heavy atom. The number of ether oxygens (including phenoxy) is 1. The van der Waals surface area contributed by atoms with Gasteiger partial charge in [-0.15, -0.1) is 15.3 Å². The van der Waals surface area contributed by atoms with Gasteiger partial charge in [-0.1, -0.05) is 5.21 Å². The Balaban J connectivity index is 1.91. The van der Waals surface area contributed by atoms with E-state index in [2.05, 4.69) is 20.5 Å². The standard InChI is InChI=1S/C12H16N6O2/c1-3-20-12(19)10-11(8-4-5-8)18(16-15-10)6-9-14-13-7-17(9)2/h7-8H,3-6H2,1-2H3. The fraction of sp³-hybridized carbons (Fsp3) is 0.583. The van der Waals surface area contributed by atoms with Crippen LogP contribution in [0.1, 0.15) is 47.7 Å². The lowest BCUT2D eigenvalue weighted by Gasteiger charge is -2.06. The molecular formula is C12H16N6O2. The zero-order chi connectivity index (χ0) is 14.1. The number of rotatable bonds is 5. The topological polar surface area (TPSA) is 87.7 Å². The number of aryl methyl sites for hydroxylation is 1. The smallest absolute Gasteiger partial charge is 0.360 e. The van der Waals surface area contributed by atoms with E-state index in [-0.39, 0.29) is 0 Å². The third-order valence-electron chi connectivity index (χ3n) is 3.30. The molecule has 0 spiro atoms. The van der Waals surface area contributed by atoms with Crippen molar-refractivity contribution in [1.82, 2.24) is 29.8 Å². The quantitative estimate of drug-likeness (QED) is 0.739. The van der Waals surface area contributed by atoms with Crippen LogP contribution in [0.4, 0.5) is 0 Å². The van der Waals surface area contributed by atoms with Gasteiger partial charge in [0.2, 0.25) is 0 Å². The van der Waals surface area contributed by atoms with E-state index in [9.17, 15) is 4.79 Å². The molecule has 0 atom stereocenters. The zero-order valence-electron chi connectivity index (χ0n) is 11.5. The van der Waals surface area contributed by atoms with Crippen LogP contribution in [-0.4, -0.2) is 42.3 Å². The molecule has 1 saturated carbocycles. The highest BCUT2D eigenvalue weighted by molar-refractivity contribution is 5.88. The summed E-state index contributed by atoms with van der Waals surface area (Å²) in [6.07, 6.45) is 3.74. The number of aromatic nitrogens is 6. The summed E-state index contributed by atoms with van der Waals surface area (Å²) in [6, 6.07) is 0. The molecule has 1 fully saturated rings. The Labute approximate surface area is 115 Å². The fourth-order valence-corrected chi connectivity index (χ4v) is 2.13. The molecule has 1 aliphatic rings. The molecular weight excluding hydrogens is 260 g/mol. The normalized spacial score (nSPS) is 14.5. The van der Waals surface area contributed by atoms with E-state index >= 15 is 0 Å². The van der Waals surface area contributed by atoms with Gasteiger partial charge >= 0.3 is 5.97 Å². The minimum Gasteiger partial charge on any atom is -0.461 e. The van der Waals surface area contributed by atoms with Crippen molar-refractivity contribution in [3.8, 4) is 0 Å². The summed E-state index contributed by atoms with van der Waals surface area (Å²) in [5.41, 5.74) is 1.18. The van der Waals surface area contributed by atoms with Crippen molar-refractivity contribution in [1.29, 1.82) is 0 Å². The van der Waals surface area contributed by atoms with Gasteiger partial charge in [-0.2, -0.15) is 0 Å². The van der Waals surface area contributed by atoms with Crippen LogP contribution in [0.5, 0.6) is 0 Å². The molecule has 0 N–H and O–H groups in total. The Morgan fingerprint density at radius 1 is 1.45 bits per heavy atom. The Hall–Kier alpha value is -2.25. The van der Waals surface area contributed by atoms with E-state index in [0.717, 1.165) is 24.4 Å². The van der Waals surface area contributed by atoms with Crippen molar-refractivity contribution in [2.45, 2.75) is 32.2 Å². The van der Waals surface area contributed by atoms with Crippen molar-refractivity contribution in [3.63, 3.8) is 0 Å². The summed E-state index contributed by atoms with van der Waals surface area (Å²) in [5.74, 6) is 0.712. The summed E-state index contributed by atoms with van der Waals surface area (Å²) < 4.78 is 8.58. The van der Waals surface area contributed by atoms with Crippen LogP contribution in [0, 0.1) is 0 Å². The molecule has 0 bridgehead atoms. The lowest BCUT2D eigenvalue weighted by atomic mass is 10.2. The highest BCUT2D eigenvalue weighted by Crippen LogP contribution is 2.41. The maximum absolute atomic E-state index is 11.9. The lowest BCUT2D eigenvalue weighted by Crippen LogP contribution is -2.12. The molecule has 3 rings (SSSR count). The minimum absolute atomic E-state index is 0.330. The molecule has 0 amide bonds. The molecule has 2 aromatic rings. The van der Waals surface area contributed by atoms with Crippen LogP contribution in [0.3, 0.4) is 0 Å². The molecule has 0 aliphatic heterocycles. The molecule has 106 valence electrons. The van der Waals surface area contributed by atoms with E-state index < -0.39 is 5.97 Å². The van der Waals surface area contributed by atoms with Crippen LogP contribution >= 0.6 is 0 Å². The zero-order valence-corrected chi connectivity index (χ0v) is 11.5. The molecule has 0 unspecified atom stereocenters. The highest BCUT2D eigenvalue weighted by Gasteiger charge is 2.34. The van der Waals surface area contributed by atoms with Gasteiger partial charge in [-0.3, -0.25) is 0 Å². The molecule has 1 aliphatic carbocycles. The van der Waals surface area contributed by atoms with E-state index in [1.54, 1.807) is 17.9 Å². The monoisotopic (exact) mass is 276 g/mol. The molecule has 0 aromatic carbocycles. The third-order valence-corrected chi connectivity index (χ3v) is 3.30. The van der Waals surface area contributed by atoms with Gasteiger partial charge in [0.1, 0.15) is 12.9 Å². The van der Waals surface area contributed by atoms with Crippen LogP contribution in [0.15, 0.2) is 6.33 Å². The summed E-state index contributed by atoms with van der Waals surface area (Å²) in [5, 5.41) is 15.9. The van der Waals surface area contributed by atoms with Crippen LogP contribution in [-0.2, 0) is 18.3 Å². The summed E-state index contributed by atoms with van der Waals surface area (Å²) in [6.45, 7) is 2.56. The van der Waals surface area contributed by atoms with E-state index in [1.165, 1.54) is 0 Å². The molecule has 0 radical (unpaired) electrons. The van der Waals surface area contributed by atoms with Crippen LogP contribution in [0.25, 0.3) is 0 Å². The number of carbonyl (C=O) groups excluding carboxylic acids is 1. The van der Waals surface area contributed by atoms with Gasteiger partial charge in [-0.05, 0) is 19.8 Å². The second kappa shape index (κ2) is 5.03. The highest BCUT2D eigenvalue weighted by atomic mass is 16.5. The van der Waals surface area contributed by atoms with Gasteiger partial charge in [0.25, 0.3) is 0 Å². The predicted octanol–water partition coefficient (Wildman–Crippen LogP) is 0.509. The number of hydrogen-bond donors (Lipinski definition) is 0. The maximum atomic E-state index is 11.9. The molecule has 8 heteroatoms. The van der Waals surface area contributed by atoms with Gasteiger partial charge in [0, 0.05) is 13.0 Å². The number of esters is 1. The maximum Gasteiger partial charge on any atom is 0.360 e. The second-order valence-corrected chi connectivity index (χ2v) is 4.83. The first-order chi connectivity index (χ1) is 9.70. The van der Waals surface area contributed by atoms with Gasteiger partial charge < -0.3 is 9.30 Å². The second-order valence-electron chi connectivity index (χ2n) is 4.83. The van der Waals surface area contributed by atoms with Crippen molar-refractivity contribution in [2.75, 3.05) is 6.61 Å². The first-order valence-electron chi connectivity index (χ1n) is 6.64. The third kappa shape index (κ3) is 2.28. The first kappa shape index (κ1) is 12.8. The van der Waals surface area contributed by atoms with E-state index in [4.69, 9.17) is 4.74 Å². The Bertz CT molecular complexity index is 628. The molecule has 2 heterocycles. The lowest BCUT2D eigenvalue weighted by molar-refractivity contribution is 0.0518. The van der Waals surface area contributed by atoms with Gasteiger partial charge in [-0.25, -0.2) is 9.48 Å². The Kier molecular flexibility index (Phi) is 3.21. The minimum atomic E-state index is -0.404. The Morgan fingerprint density at radius 2 is 2.25 bits per heavy atom. The predicted molar refractivity (Wildman–Crippen MR) is 68.1 cm³/mol. The average molecular weight is 276 g/mol. The number of nitrogens with zero attached hydrogens (tertiary/aromatic N) is 6. The van der Waals surface area contributed by atoms with Gasteiger partial charge in [0.15, 0.2) is 11.5 Å². The molecule has 2 aromatic heterocycles.